The van der Waals surface area contributed by atoms with Crippen LogP contribution in [0.3, 0.4) is 0 Å². The third-order valence-corrected chi connectivity index (χ3v) is 3.08. The van der Waals surface area contributed by atoms with Gasteiger partial charge in [-0.1, -0.05) is 18.2 Å². The van der Waals surface area contributed by atoms with Crippen molar-refractivity contribution in [3.05, 3.63) is 29.3 Å². The van der Waals surface area contributed by atoms with Gasteiger partial charge in [0.15, 0.2) is 0 Å². The van der Waals surface area contributed by atoms with Crippen molar-refractivity contribution in [3.63, 3.8) is 0 Å². The molecule has 0 bridgehead atoms. The molecule has 0 atom stereocenters. The Morgan fingerprint density at radius 1 is 1.33 bits per heavy atom. The molecule has 2 heteroatoms. The second-order valence-electron chi connectivity index (χ2n) is 4.55. The van der Waals surface area contributed by atoms with Gasteiger partial charge in [-0.25, -0.2) is 0 Å². The van der Waals surface area contributed by atoms with Gasteiger partial charge in [0.25, 0.3) is 0 Å². The van der Waals surface area contributed by atoms with Crippen LogP contribution in [0.5, 0.6) is 0 Å². The zero-order valence-corrected chi connectivity index (χ0v) is 9.88. The molecule has 1 heterocycles. The summed E-state index contributed by atoms with van der Waals surface area (Å²) >= 11 is 0. The minimum Gasteiger partial charge on any atom is -0.367 e. The first-order valence-electron chi connectivity index (χ1n) is 5.76. The van der Waals surface area contributed by atoms with Gasteiger partial charge in [-0.15, -0.1) is 0 Å². The van der Waals surface area contributed by atoms with Crippen LogP contribution in [0.4, 0.5) is 5.69 Å². The van der Waals surface area contributed by atoms with E-state index in [0.29, 0.717) is 6.04 Å². The Bertz CT molecular complexity index is 344. The van der Waals surface area contributed by atoms with Crippen LogP contribution in [0.2, 0.25) is 0 Å². The van der Waals surface area contributed by atoms with E-state index in [1.807, 2.05) is 0 Å². The van der Waals surface area contributed by atoms with Crippen molar-refractivity contribution in [3.8, 4) is 0 Å². The highest BCUT2D eigenvalue weighted by atomic mass is 15.2. The van der Waals surface area contributed by atoms with Crippen LogP contribution in [0, 0.1) is 6.92 Å². The fourth-order valence-electron chi connectivity index (χ4n) is 2.32. The van der Waals surface area contributed by atoms with Gasteiger partial charge in [-0.2, -0.15) is 0 Å². The minimum absolute atomic E-state index is 0.574. The van der Waals surface area contributed by atoms with Crippen LogP contribution >= 0.6 is 0 Å². The maximum atomic E-state index is 3.47. The maximum Gasteiger partial charge on any atom is 0.0444 e. The predicted molar refractivity (Wildman–Crippen MR) is 65.4 cm³/mol. The van der Waals surface area contributed by atoms with Gasteiger partial charge < -0.3 is 10.2 Å². The number of rotatable bonds is 1. The van der Waals surface area contributed by atoms with Gasteiger partial charge in [0.2, 0.25) is 0 Å². The van der Waals surface area contributed by atoms with Crippen molar-refractivity contribution in [2.45, 2.75) is 33.4 Å². The molecule has 0 spiro atoms. The lowest BCUT2D eigenvalue weighted by Gasteiger charge is -2.30. The zero-order chi connectivity index (χ0) is 10.8. The van der Waals surface area contributed by atoms with Crippen molar-refractivity contribution < 1.29 is 0 Å². The quantitative estimate of drug-likeness (QED) is 0.755. The van der Waals surface area contributed by atoms with E-state index in [1.165, 1.54) is 16.8 Å². The number of benzene rings is 1. The molecule has 0 aliphatic carbocycles. The molecule has 1 aliphatic heterocycles. The Morgan fingerprint density at radius 2 is 2.13 bits per heavy atom. The van der Waals surface area contributed by atoms with Crippen LogP contribution in [-0.4, -0.2) is 19.1 Å². The number of nitrogens with one attached hydrogen (secondary N) is 1. The van der Waals surface area contributed by atoms with E-state index in [-0.39, 0.29) is 0 Å². The van der Waals surface area contributed by atoms with Crippen LogP contribution in [0.25, 0.3) is 0 Å². The summed E-state index contributed by atoms with van der Waals surface area (Å²) < 4.78 is 0. The molecule has 1 aromatic carbocycles. The normalized spacial score (nSPS) is 16.4. The lowest BCUT2D eigenvalue weighted by molar-refractivity contribution is 0.646. The Morgan fingerprint density at radius 3 is 2.87 bits per heavy atom. The first-order chi connectivity index (χ1) is 7.20. The highest BCUT2D eigenvalue weighted by Gasteiger charge is 2.18. The van der Waals surface area contributed by atoms with Crippen molar-refractivity contribution in [1.29, 1.82) is 0 Å². The molecule has 0 saturated heterocycles. The predicted octanol–water partition coefficient (Wildman–Crippen LogP) is 2.31. The van der Waals surface area contributed by atoms with Gasteiger partial charge in [-0.3, -0.25) is 0 Å². The lowest BCUT2D eigenvalue weighted by atomic mass is 10.1. The summed E-state index contributed by atoms with van der Waals surface area (Å²) in [5, 5.41) is 3.47. The summed E-state index contributed by atoms with van der Waals surface area (Å²) in [4.78, 5) is 2.50. The van der Waals surface area contributed by atoms with E-state index in [4.69, 9.17) is 0 Å². The SMILES string of the molecule is Cc1cccc2c1N(C(C)C)CCNC2. The van der Waals surface area contributed by atoms with Crippen molar-refractivity contribution >= 4 is 5.69 Å². The summed E-state index contributed by atoms with van der Waals surface area (Å²) in [5.74, 6) is 0. The number of aryl methyl sites for hydroxylation is 1. The number of anilines is 1. The number of nitrogens with zero attached hydrogens (tertiary/aromatic N) is 1. The molecular formula is C13H20N2. The second-order valence-corrected chi connectivity index (χ2v) is 4.55. The largest absolute Gasteiger partial charge is 0.367 e. The number of para-hydroxylation sites is 1. The smallest absolute Gasteiger partial charge is 0.0444 e. The molecule has 15 heavy (non-hydrogen) atoms. The van der Waals surface area contributed by atoms with E-state index in [1.54, 1.807) is 0 Å². The van der Waals surface area contributed by atoms with Crippen LogP contribution < -0.4 is 10.2 Å². The fourth-order valence-corrected chi connectivity index (χ4v) is 2.32. The van der Waals surface area contributed by atoms with Crippen LogP contribution in [-0.2, 0) is 6.54 Å². The van der Waals surface area contributed by atoms with Gasteiger partial charge in [0.1, 0.15) is 0 Å². The topological polar surface area (TPSA) is 15.3 Å². The minimum atomic E-state index is 0.574. The average molecular weight is 204 g/mol. The maximum absolute atomic E-state index is 3.47. The zero-order valence-electron chi connectivity index (χ0n) is 9.88. The van der Waals surface area contributed by atoms with Crippen LogP contribution in [0.1, 0.15) is 25.0 Å². The van der Waals surface area contributed by atoms with E-state index in [2.05, 4.69) is 49.2 Å². The summed E-state index contributed by atoms with van der Waals surface area (Å²) in [7, 11) is 0. The summed E-state index contributed by atoms with van der Waals surface area (Å²) in [6.07, 6.45) is 0. The first-order valence-corrected chi connectivity index (χ1v) is 5.76. The van der Waals surface area contributed by atoms with E-state index in [9.17, 15) is 0 Å². The summed E-state index contributed by atoms with van der Waals surface area (Å²) in [5.41, 5.74) is 4.27. The van der Waals surface area contributed by atoms with Crippen molar-refractivity contribution in [2.24, 2.45) is 0 Å². The molecular weight excluding hydrogens is 184 g/mol. The molecule has 2 rings (SSSR count). The van der Waals surface area contributed by atoms with Gasteiger partial charge in [0.05, 0.1) is 0 Å². The Balaban J connectivity index is 2.47. The van der Waals surface area contributed by atoms with Gasteiger partial charge in [-0.05, 0) is 31.9 Å². The van der Waals surface area contributed by atoms with E-state index < -0.39 is 0 Å². The van der Waals surface area contributed by atoms with E-state index in [0.717, 1.165) is 19.6 Å². The Hall–Kier alpha value is -1.02. The Labute approximate surface area is 92.3 Å². The molecule has 1 N–H and O–H groups in total. The molecule has 82 valence electrons. The number of fused-ring (bicyclic) bond motifs is 1. The third kappa shape index (κ3) is 2.00. The molecule has 0 saturated carbocycles. The lowest BCUT2D eigenvalue weighted by Crippen LogP contribution is -2.35. The molecule has 0 amide bonds. The van der Waals surface area contributed by atoms with Crippen molar-refractivity contribution in [1.82, 2.24) is 5.32 Å². The van der Waals surface area contributed by atoms with E-state index >= 15 is 0 Å². The summed E-state index contributed by atoms with van der Waals surface area (Å²) in [6, 6.07) is 7.17. The molecule has 0 unspecified atom stereocenters. The highest BCUT2D eigenvalue weighted by Crippen LogP contribution is 2.27. The Kier molecular flexibility index (Phi) is 2.96. The number of hydrogen-bond donors (Lipinski definition) is 1. The molecule has 1 aromatic rings. The average Bonchev–Trinajstić information content (AvgIpc) is 2.40. The van der Waals surface area contributed by atoms with Crippen LogP contribution in [0.15, 0.2) is 18.2 Å². The van der Waals surface area contributed by atoms with Gasteiger partial charge in [0, 0.05) is 31.4 Å². The molecule has 0 radical (unpaired) electrons. The molecule has 1 aliphatic rings. The molecule has 0 aromatic heterocycles. The van der Waals surface area contributed by atoms with Gasteiger partial charge >= 0.3 is 0 Å². The summed E-state index contributed by atoms with van der Waals surface area (Å²) in [6.45, 7) is 9.92. The third-order valence-electron chi connectivity index (χ3n) is 3.08. The number of hydrogen-bond acceptors (Lipinski definition) is 2. The standard InChI is InChI=1S/C13H20N2/c1-10(2)15-8-7-14-9-12-6-4-5-11(3)13(12)15/h4-6,10,14H,7-9H2,1-3H3. The molecule has 0 fully saturated rings. The fraction of sp³-hybridized carbons (Fsp3) is 0.538. The molecule has 2 nitrogen and oxygen atoms in total. The highest BCUT2D eigenvalue weighted by molar-refractivity contribution is 5.60. The first kappa shape index (κ1) is 10.5. The van der Waals surface area contributed by atoms with Crippen molar-refractivity contribution in [2.75, 3.05) is 18.0 Å². The monoisotopic (exact) mass is 204 g/mol. The second kappa shape index (κ2) is 4.23.